The molecule has 0 saturated carbocycles. The molecule has 6 nitrogen and oxygen atoms in total. The highest BCUT2D eigenvalue weighted by Gasteiger charge is 2.37. The predicted molar refractivity (Wildman–Crippen MR) is 77.4 cm³/mol. The van der Waals surface area contributed by atoms with Crippen LogP contribution in [0.2, 0.25) is 0 Å². The first kappa shape index (κ1) is 14.5. The van der Waals surface area contributed by atoms with Crippen molar-refractivity contribution in [3.63, 3.8) is 0 Å². The van der Waals surface area contributed by atoms with E-state index in [0.717, 1.165) is 17.7 Å². The van der Waals surface area contributed by atoms with E-state index in [9.17, 15) is 13.2 Å². The molecule has 1 amide bonds. The molecule has 1 aromatic rings. The van der Waals surface area contributed by atoms with Crippen molar-refractivity contribution in [3.8, 4) is 0 Å². The quantitative estimate of drug-likeness (QED) is 0.868. The summed E-state index contributed by atoms with van der Waals surface area (Å²) in [5.74, 6) is 0.173. The number of hydrogen-bond donors (Lipinski definition) is 1. The van der Waals surface area contributed by atoms with E-state index in [-0.39, 0.29) is 16.7 Å². The lowest BCUT2D eigenvalue weighted by Gasteiger charge is -2.23. The molecule has 21 heavy (non-hydrogen) atoms. The number of nitrogens with two attached hydrogens (primary N) is 1. The van der Waals surface area contributed by atoms with Crippen LogP contribution in [0.1, 0.15) is 18.9 Å². The zero-order chi connectivity index (χ0) is 15.2. The maximum absolute atomic E-state index is 12.6. The summed E-state index contributed by atoms with van der Waals surface area (Å²) < 4.78 is 28.3. The molecule has 0 spiro atoms. The van der Waals surface area contributed by atoms with E-state index in [2.05, 4.69) is 0 Å². The molecule has 1 aromatic carbocycles. The number of carbonyl (C=O) groups excluding carboxylic acids is 1. The van der Waals surface area contributed by atoms with E-state index in [4.69, 9.17) is 9.88 Å². The zero-order valence-corrected chi connectivity index (χ0v) is 12.6. The Morgan fingerprint density at radius 3 is 2.81 bits per heavy atom. The number of sulfonamides is 1. The number of hydrogen-bond acceptors (Lipinski definition) is 4. The number of nitrogens with zero attached hydrogens (tertiary/aromatic N) is 1. The van der Waals surface area contributed by atoms with Crippen molar-refractivity contribution in [2.24, 2.45) is 11.1 Å². The van der Waals surface area contributed by atoms with Crippen LogP contribution in [0.4, 0.5) is 5.69 Å². The fourth-order valence-electron chi connectivity index (χ4n) is 2.95. The van der Waals surface area contributed by atoms with Crippen molar-refractivity contribution in [2.45, 2.75) is 30.8 Å². The van der Waals surface area contributed by atoms with Gasteiger partial charge in [-0.1, -0.05) is 6.92 Å². The molecule has 0 bridgehead atoms. The third-order valence-corrected chi connectivity index (χ3v) is 5.08. The highest BCUT2D eigenvalue weighted by atomic mass is 32.2. The second-order valence-corrected chi connectivity index (χ2v) is 7.19. The molecule has 7 heteroatoms. The SMILES string of the molecule is CC1CCOC1C(=O)N1CCc2cc(S(N)(=O)=O)ccc21. The Balaban J connectivity index is 1.89. The number of benzene rings is 1. The van der Waals surface area contributed by atoms with Gasteiger partial charge in [-0.15, -0.1) is 0 Å². The van der Waals surface area contributed by atoms with Gasteiger partial charge in [0.2, 0.25) is 10.0 Å². The van der Waals surface area contributed by atoms with Crippen LogP contribution in [0, 0.1) is 5.92 Å². The third kappa shape index (κ3) is 2.56. The van der Waals surface area contributed by atoms with Gasteiger partial charge in [0.25, 0.3) is 5.91 Å². The Labute approximate surface area is 123 Å². The molecule has 2 aliphatic heterocycles. The van der Waals surface area contributed by atoms with E-state index in [1.807, 2.05) is 6.92 Å². The standard InChI is InChI=1S/C14H18N2O4S/c1-9-5-7-20-13(9)14(17)16-6-4-10-8-11(21(15,18)19)2-3-12(10)16/h2-3,8-9,13H,4-7H2,1H3,(H2,15,18,19). The van der Waals surface area contributed by atoms with Gasteiger partial charge in [-0.2, -0.15) is 0 Å². The molecule has 0 aliphatic carbocycles. The fourth-order valence-corrected chi connectivity index (χ4v) is 3.51. The Morgan fingerprint density at radius 1 is 1.43 bits per heavy atom. The smallest absolute Gasteiger partial charge is 0.256 e. The van der Waals surface area contributed by atoms with Crippen LogP contribution in [-0.4, -0.2) is 33.6 Å². The van der Waals surface area contributed by atoms with Gasteiger partial charge in [-0.05, 0) is 42.5 Å². The van der Waals surface area contributed by atoms with Gasteiger partial charge < -0.3 is 9.64 Å². The van der Waals surface area contributed by atoms with Gasteiger partial charge in [-0.3, -0.25) is 4.79 Å². The molecule has 2 N–H and O–H groups in total. The summed E-state index contributed by atoms with van der Waals surface area (Å²) in [4.78, 5) is 14.3. The maximum atomic E-state index is 12.6. The molecule has 2 atom stereocenters. The first-order chi connectivity index (χ1) is 9.88. The van der Waals surface area contributed by atoms with Crippen molar-refractivity contribution < 1.29 is 17.9 Å². The fraction of sp³-hybridized carbons (Fsp3) is 0.500. The van der Waals surface area contributed by atoms with E-state index in [0.29, 0.717) is 19.6 Å². The van der Waals surface area contributed by atoms with Crippen LogP contribution < -0.4 is 10.0 Å². The van der Waals surface area contributed by atoms with Crippen LogP contribution >= 0.6 is 0 Å². The van der Waals surface area contributed by atoms with Gasteiger partial charge in [0, 0.05) is 18.8 Å². The lowest BCUT2D eigenvalue weighted by Crippen LogP contribution is -2.40. The van der Waals surface area contributed by atoms with Crippen LogP contribution in [0.3, 0.4) is 0 Å². The first-order valence-electron chi connectivity index (χ1n) is 6.96. The van der Waals surface area contributed by atoms with Crippen LogP contribution in [-0.2, 0) is 26.0 Å². The normalized spacial score (nSPS) is 25.1. The molecular weight excluding hydrogens is 292 g/mol. The molecule has 0 radical (unpaired) electrons. The van der Waals surface area contributed by atoms with Crippen molar-refractivity contribution in [1.82, 2.24) is 0 Å². The van der Waals surface area contributed by atoms with E-state index < -0.39 is 16.1 Å². The first-order valence-corrected chi connectivity index (χ1v) is 8.51. The summed E-state index contributed by atoms with van der Waals surface area (Å²) in [5, 5.41) is 5.13. The second-order valence-electron chi connectivity index (χ2n) is 5.63. The molecule has 2 aliphatic rings. The number of primary sulfonamides is 1. The summed E-state index contributed by atoms with van der Waals surface area (Å²) in [6.45, 7) is 3.17. The summed E-state index contributed by atoms with van der Waals surface area (Å²) >= 11 is 0. The minimum Gasteiger partial charge on any atom is -0.368 e. The largest absolute Gasteiger partial charge is 0.368 e. The molecule has 3 rings (SSSR count). The van der Waals surface area contributed by atoms with Gasteiger partial charge >= 0.3 is 0 Å². The lowest BCUT2D eigenvalue weighted by molar-refractivity contribution is -0.128. The predicted octanol–water partition coefficient (Wildman–Crippen LogP) is 0.648. The van der Waals surface area contributed by atoms with E-state index in [1.165, 1.54) is 6.07 Å². The Morgan fingerprint density at radius 2 is 2.19 bits per heavy atom. The number of fused-ring (bicyclic) bond motifs is 1. The maximum Gasteiger partial charge on any atom is 0.256 e. The molecule has 1 fully saturated rings. The molecule has 1 saturated heterocycles. The average molecular weight is 310 g/mol. The van der Waals surface area contributed by atoms with Gasteiger partial charge in [0.15, 0.2) is 0 Å². The molecule has 0 aromatic heterocycles. The minimum absolute atomic E-state index is 0.0397. The van der Waals surface area contributed by atoms with E-state index >= 15 is 0 Å². The number of amides is 1. The summed E-state index contributed by atoms with van der Waals surface area (Å²) in [6.07, 6.45) is 1.13. The number of ether oxygens (including phenoxy) is 1. The highest BCUT2D eigenvalue weighted by Crippen LogP contribution is 2.32. The molecule has 2 unspecified atom stereocenters. The van der Waals surface area contributed by atoms with Gasteiger partial charge in [0.1, 0.15) is 6.10 Å². The molecule has 114 valence electrons. The number of carbonyl (C=O) groups is 1. The average Bonchev–Trinajstić information content (AvgIpc) is 3.02. The lowest BCUT2D eigenvalue weighted by atomic mass is 10.0. The Hall–Kier alpha value is -1.44. The van der Waals surface area contributed by atoms with Crippen LogP contribution in [0.15, 0.2) is 23.1 Å². The highest BCUT2D eigenvalue weighted by molar-refractivity contribution is 7.89. The van der Waals surface area contributed by atoms with Gasteiger partial charge in [-0.25, -0.2) is 13.6 Å². The third-order valence-electron chi connectivity index (χ3n) is 4.17. The van der Waals surface area contributed by atoms with E-state index in [1.54, 1.807) is 17.0 Å². The van der Waals surface area contributed by atoms with Crippen molar-refractivity contribution in [2.75, 3.05) is 18.1 Å². The van der Waals surface area contributed by atoms with Crippen LogP contribution in [0.25, 0.3) is 0 Å². The number of anilines is 1. The van der Waals surface area contributed by atoms with Crippen LogP contribution in [0.5, 0.6) is 0 Å². The summed E-state index contributed by atoms with van der Waals surface area (Å²) in [5.41, 5.74) is 1.59. The second kappa shape index (κ2) is 5.08. The topological polar surface area (TPSA) is 89.7 Å². The zero-order valence-electron chi connectivity index (χ0n) is 11.8. The van der Waals surface area contributed by atoms with Crippen molar-refractivity contribution in [3.05, 3.63) is 23.8 Å². The molecule has 2 heterocycles. The van der Waals surface area contributed by atoms with Crippen molar-refractivity contribution >= 4 is 21.6 Å². The van der Waals surface area contributed by atoms with Gasteiger partial charge in [0.05, 0.1) is 4.90 Å². The number of rotatable bonds is 2. The van der Waals surface area contributed by atoms with Crippen molar-refractivity contribution in [1.29, 1.82) is 0 Å². The summed E-state index contributed by atoms with van der Waals surface area (Å²) in [6, 6.07) is 4.65. The Bertz CT molecular complexity index is 686. The summed E-state index contributed by atoms with van der Waals surface area (Å²) in [7, 11) is -3.71. The molecular formula is C14H18N2O4S. The monoisotopic (exact) mass is 310 g/mol. The minimum atomic E-state index is -3.71. The Kier molecular flexibility index (Phi) is 3.51.